The molecule has 0 aliphatic carbocycles. The zero-order chi connectivity index (χ0) is 12.0. The lowest BCUT2D eigenvalue weighted by Crippen LogP contribution is -2.22. The van der Waals surface area contributed by atoms with Gasteiger partial charge >= 0.3 is 0 Å². The van der Waals surface area contributed by atoms with E-state index in [4.69, 9.17) is 20.9 Å². The van der Waals surface area contributed by atoms with Crippen molar-refractivity contribution in [2.24, 2.45) is 16.5 Å². The summed E-state index contributed by atoms with van der Waals surface area (Å²) in [6.07, 6.45) is 0. The van der Waals surface area contributed by atoms with Gasteiger partial charge in [0.15, 0.2) is 17.5 Å². The Labute approximate surface area is 95.1 Å². The first kappa shape index (κ1) is 12.2. The predicted octanol–water partition coefficient (Wildman–Crippen LogP) is 0.867. The van der Waals surface area contributed by atoms with Crippen molar-refractivity contribution in [3.8, 4) is 11.5 Å². The van der Waals surface area contributed by atoms with Crippen LogP contribution < -0.4 is 20.9 Å². The molecule has 0 amide bonds. The van der Waals surface area contributed by atoms with Crippen molar-refractivity contribution < 1.29 is 9.47 Å². The molecule has 0 aromatic heterocycles. The summed E-state index contributed by atoms with van der Waals surface area (Å²) < 4.78 is 10.6. The quantitative estimate of drug-likeness (QED) is 0.573. The van der Waals surface area contributed by atoms with E-state index in [0.717, 1.165) is 5.56 Å². The highest BCUT2D eigenvalue weighted by atomic mass is 16.5. The summed E-state index contributed by atoms with van der Waals surface area (Å²) in [5.41, 5.74) is 11.5. The van der Waals surface area contributed by atoms with Crippen molar-refractivity contribution in [2.45, 2.75) is 13.5 Å². The van der Waals surface area contributed by atoms with Gasteiger partial charge in [-0.05, 0) is 24.6 Å². The molecule has 0 aliphatic rings. The zero-order valence-corrected chi connectivity index (χ0v) is 9.56. The summed E-state index contributed by atoms with van der Waals surface area (Å²) in [5, 5.41) is 0. The lowest BCUT2D eigenvalue weighted by atomic mass is 10.2. The van der Waals surface area contributed by atoms with E-state index in [9.17, 15) is 0 Å². The molecule has 4 N–H and O–H groups in total. The lowest BCUT2D eigenvalue weighted by molar-refractivity contribution is 0.310. The van der Waals surface area contributed by atoms with Crippen LogP contribution in [0.1, 0.15) is 12.5 Å². The maximum atomic E-state index is 5.44. The maximum Gasteiger partial charge on any atom is 0.186 e. The molecule has 5 heteroatoms. The predicted molar refractivity (Wildman–Crippen MR) is 63.7 cm³/mol. The first-order valence-corrected chi connectivity index (χ1v) is 5.02. The number of nitrogens with two attached hydrogens (primary N) is 2. The average Bonchev–Trinajstić information content (AvgIpc) is 2.27. The molecule has 0 aliphatic heterocycles. The number of nitrogens with zero attached hydrogens (tertiary/aromatic N) is 1. The summed E-state index contributed by atoms with van der Waals surface area (Å²) in [4.78, 5) is 3.93. The van der Waals surface area contributed by atoms with Gasteiger partial charge in [-0.3, -0.25) is 0 Å². The molecule has 0 saturated carbocycles. The molecule has 88 valence electrons. The van der Waals surface area contributed by atoms with E-state index < -0.39 is 0 Å². The van der Waals surface area contributed by atoms with E-state index >= 15 is 0 Å². The standard InChI is InChI=1S/C11H17N3O2/c1-3-16-10-6-8(7-14-11(12)13)4-5-9(10)15-2/h4-6H,3,7H2,1-2H3,(H4,12,13,14). The van der Waals surface area contributed by atoms with Crippen molar-refractivity contribution >= 4 is 5.96 Å². The fraction of sp³-hybridized carbons (Fsp3) is 0.364. The fourth-order valence-electron chi connectivity index (χ4n) is 1.27. The second-order valence-corrected chi connectivity index (χ2v) is 3.16. The monoisotopic (exact) mass is 223 g/mol. The molecule has 1 aromatic rings. The summed E-state index contributed by atoms with van der Waals surface area (Å²) in [6.45, 7) is 2.94. The topological polar surface area (TPSA) is 82.9 Å². The van der Waals surface area contributed by atoms with E-state index in [1.165, 1.54) is 0 Å². The molecule has 0 spiro atoms. The molecule has 0 bridgehead atoms. The van der Waals surface area contributed by atoms with Crippen LogP contribution in [0.3, 0.4) is 0 Å². The maximum absolute atomic E-state index is 5.44. The van der Waals surface area contributed by atoms with E-state index in [1.807, 2.05) is 25.1 Å². The minimum atomic E-state index is 0.0776. The van der Waals surface area contributed by atoms with Gasteiger partial charge < -0.3 is 20.9 Å². The van der Waals surface area contributed by atoms with Gasteiger partial charge in [-0.15, -0.1) is 0 Å². The number of hydrogen-bond donors (Lipinski definition) is 2. The third-order valence-electron chi connectivity index (χ3n) is 1.97. The van der Waals surface area contributed by atoms with Crippen molar-refractivity contribution in [1.82, 2.24) is 0 Å². The van der Waals surface area contributed by atoms with Crippen LogP contribution in [0.15, 0.2) is 23.2 Å². The van der Waals surface area contributed by atoms with Crippen LogP contribution in [0, 0.1) is 0 Å². The summed E-state index contributed by atoms with van der Waals surface area (Å²) >= 11 is 0. The van der Waals surface area contributed by atoms with Crippen LogP contribution in [-0.4, -0.2) is 19.7 Å². The Hall–Kier alpha value is -1.91. The van der Waals surface area contributed by atoms with Crippen molar-refractivity contribution in [2.75, 3.05) is 13.7 Å². The Morgan fingerprint density at radius 3 is 2.62 bits per heavy atom. The van der Waals surface area contributed by atoms with Gasteiger partial charge in [0.1, 0.15) is 0 Å². The van der Waals surface area contributed by atoms with Crippen molar-refractivity contribution in [3.05, 3.63) is 23.8 Å². The highest BCUT2D eigenvalue weighted by Crippen LogP contribution is 2.28. The van der Waals surface area contributed by atoms with Crippen molar-refractivity contribution in [1.29, 1.82) is 0 Å². The number of benzene rings is 1. The Balaban J connectivity index is 2.88. The molecule has 0 radical (unpaired) electrons. The van der Waals surface area contributed by atoms with E-state index in [0.29, 0.717) is 24.7 Å². The number of guanidine groups is 1. The second-order valence-electron chi connectivity index (χ2n) is 3.16. The number of ether oxygens (including phenoxy) is 2. The first-order valence-electron chi connectivity index (χ1n) is 5.02. The largest absolute Gasteiger partial charge is 0.493 e. The highest BCUT2D eigenvalue weighted by molar-refractivity contribution is 5.75. The minimum Gasteiger partial charge on any atom is -0.493 e. The van der Waals surface area contributed by atoms with E-state index in [1.54, 1.807) is 7.11 Å². The van der Waals surface area contributed by atoms with Crippen LogP contribution >= 0.6 is 0 Å². The molecule has 0 saturated heterocycles. The van der Waals surface area contributed by atoms with Gasteiger partial charge in [0.25, 0.3) is 0 Å². The molecule has 0 unspecified atom stereocenters. The smallest absolute Gasteiger partial charge is 0.186 e. The van der Waals surface area contributed by atoms with Crippen LogP contribution in [0.5, 0.6) is 11.5 Å². The van der Waals surface area contributed by atoms with E-state index in [-0.39, 0.29) is 5.96 Å². The third kappa shape index (κ3) is 3.34. The Bertz CT molecular complexity index is 373. The number of methoxy groups -OCH3 is 1. The number of aliphatic imine (C=N–C) groups is 1. The van der Waals surface area contributed by atoms with Gasteiger partial charge in [0.2, 0.25) is 0 Å². The van der Waals surface area contributed by atoms with Crippen LogP contribution in [-0.2, 0) is 6.54 Å². The van der Waals surface area contributed by atoms with Gasteiger partial charge in [0, 0.05) is 0 Å². The Morgan fingerprint density at radius 1 is 1.31 bits per heavy atom. The third-order valence-corrected chi connectivity index (χ3v) is 1.97. The minimum absolute atomic E-state index is 0.0776. The lowest BCUT2D eigenvalue weighted by Gasteiger charge is -2.10. The number of rotatable bonds is 5. The first-order chi connectivity index (χ1) is 7.67. The summed E-state index contributed by atoms with van der Waals surface area (Å²) in [5.74, 6) is 1.48. The molecule has 0 atom stereocenters. The van der Waals surface area contributed by atoms with Gasteiger partial charge in [-0.1, -0.05) is 6.07 Å². The molecule has 0 heterocycles. The highest BCUT2D eigenvalue weighted by Gasteiger charge is 2.04. The molecule has 0 fully saturated rings. The van der Waals surface area contributed by atoms with Gasteiger partial charge in [-0.2, -0.15) is 0 Å². The summed E-state index contributed by atoms with van der Waals surface area (Å²) in [7, 11) is 1.60. The Morgan fingerprint density at radius 2 is 2.06 bits per heavy atom. The molecular weight excluding hydrogens is 206 g/mol. The van der Waals surface area contributed by atoms with Crippen molar-refractivity contribution in [3.63, 3.8) is 0 Å². The van der Waals surface area contributed by atoms with Gasteiger partial charge in [-0.25, -0.2) is 4.99 Å². The molecule has 16 heavy (non-hydrogen) atoms. The van der Waals surface area contributed by atoms with Crippen LogP contribution in [0.25, 0.3) is 0 Å². The van der Waals surface area contributed by atoms with Crippen LogP contribution in [0.2, 0.25) is 0 Å². The molecule has 5 nitrogen and oxygen atoms in total. The average molecular weight is 223 g/mol. The summed E-state index contributed by atoms with van der Waals surface area (Å²) in [6, 6.07) is 5.60. The molecular formula is C11H17N3O2. The number of hydrogen-bond acceptors (Lipinski definition) is 3. The zero-order valence-electron chi connectivity index (χ0n) is 9.56. The molecule has 1 rings (SSSR count). The SMILES string of the molecule is CCOc1cc(CN=C(N)N)ccc1OC. The molecule has 1 aromatic carbocycles. The van der Waals surface area contributed by atoms with Crippen LogP contribution in [0.4, 0.5) is 0 Å². The van der Waals surface area contributed by atoms with Gasteiger partial charge in [0.05, 0.1) is 20.3 Å². The Kier molecular flexibility index (Phi) is 4.44. The van der Waals surface area contributed by atoms with E-state index in [2.05, 4.69) is 4.99 Å². The fourth-order valence-corrected chi connectivity index (χ4v) is 1.27. The second kappa shape index (κ2) is 5.85. The normalized spacial score (nSPS) is 9.62.